The van der Waals surface area contributed by atoms with Gasteiger partial charge in [0.2, 0.25) is 0 Å². The molecule has 1 unspecified atom stereocenters. The van der Waals surface area contributed by atoms with Crippen LogP contribution in [0.2, 0.25) is 0 Å². The van der Waals surface area contributed by atoms with Crippen molar-refractivity contribution in [1.29, 1.82) is 0 Å². The summed E-state index contributed by atoms with van der Waals surface area (Å²) in [5.74, 6) is 2.54. The average molecular weight is 287 g/mol. The van der Waals surface area contributed by atoms with Gasteiger partial charge in [-0.2, -0.15) is 0 Å². The van der Waals surface area contributed by atoms with Gasteiger partial charge in [0.15, 0.2) is 0 Å². The Morgan fingerprint density at radius 1 is 1.05 bits per heavy atom. The third-order valence-corrected chi connectivity index (χ3v) is 5.04. The molecule has 3 rings (SSSR count). The maximum Gasteiger partial charge on any atom is 0.119 e. The van der Waals surface area contributed by atoms with Crippen LogP contribution in [0.15, 0.2) is 24.3 Å². The highest BCUT2D eigenvalue weighted by Gasteiger charge is 2.28. The van der Waals surface area contributed by atoms with Gasteiger partial charge in [0.1, 0.15) is 5.75 Å². The maximum absolute atomic E-state index is 5.58. The van der Waals surface area contributed by atoms with Crippen LogP contribution in [-0.4, -0.2) is 19.2 Å². The van der Waals surface area contributed by atoms with E-state index in [1.807, 2.05) is 6.92 Å². The molecule has 2 heteroatoms. The van der Waals surface area contributed by atoms with E-state index in [9.17, 15) is 0 Å². The first kappa shape index (κ1) is 14.9. The molecule has 1 aromatic carbocycles. The van der Waals surface area contributed by atoms with Crippen molar-refractivity contribution in [3.63, 3.8) is 0 Å². The summed E-state index contributed by atoms with van der Waals surface area (Å²) in [4.78, 5) is 0. The van der Waals surface area contributed by atoms with E-state index in [2.05, 4.69) is 29.6 Å². The summed E-state index contributed by atoms with van der Waals surface area (Å²) in [6, 6.07) is 9.67. The number of benzene rings is 1. The largest absolute Gasteiger partial charge is 0.494 e. The van der Waals surface area contributed by atoms with Crippen molar-refractivity contribution in [2.75, 3.05) is 13.2 Å². The third kappa shape index (κ3) is 4.23. The van der Waals surface area contributed by atoms with Gasteiger partial charge < -0.3 is 10.1 Å². The van der Waals surface area contributed by atoms with E-state index in [-0.39, 0.29) is 0 Å². The molecule has 0 aliphatic heterocycles. The van der Waals surface area contributed by atoms with Gasteiger partial charge in [-0.05, 0) is 62.1 Å². The number of rotatable bonds is 7. The SMILES string of the molecule is CCOc1ccc(C(CNC2CC2)C2CCCCC2)cc1. The molecule has 0 aromatic heterocycles. The van der Waals surface area contributed by atoms with Gasteiger partial charge in [-0.15, -0.1) is 0 Å². The highest BCUT2D eigenvalue weighted by Crippen LogP contribution is 2.36. The van der Waals surface area contributed by atoms with Crippen molar-refractivity contribution in [3.05, 3.63) is 29.8 Å². The lowest BCUT2D eigenvalue weighted by Gasteiger charge is -2.31. The summed E-state index contributed by atoms with van der Waals surface area (Å²) in [7, 11) is 0. The van der Waals surface area contributed by atoms with Gasteiger partial charge in [-0.25, -0.2) is 0 Å². The van der Waals surface area contributed by atoms with Crippen molar-refractivity contribution in [2.24, 2.45) is 5.92 Å². The predicted octanol–water partition coefficient (Wildman–Crippen LogP) is 4.50. The van der Waals surface area contributed by atoms with Gasteiger partial charge in [-0.3, -0.25) is 0 Å². The number of hydrogen-bond donors (Lipinski definition) is 1. The molecule has 2 nitrogen and oxygen atoms in total. The molecule has 0 radical (unpaired) electrons. The Kier molecular flexibility index (Phi) is 5.18. The minimum absolute atomic E-state index is 0.682. The molecule has 0 amide bonds. The van der Waals surface area contributed by atoms with Gasteiger partial charge in [-0.1, -0.05) is 31.4 Å². The molecule has 2 fully saturated rings. The fourth-order valence-corrected chi connectivity index (χ4v) is 3.65. The molecule has 116 valence electrons. The van der Waals surface area contributed by atoms with E-state index in [0.717, 1.165) is 30.9 Å². The van der Waals surface area contributed by atoms with E-state index >= 15 is 0 Å². The van der Waals surface area contributed by atoms with Crippen LogP contribution in [0.3, 0.4) is 0 Å². The lowest BCUT2D eigenvalue weighted by atomic mass is 9.76. The zero-order valence-electron chi connectivity index (χ0n) is 13.3. The predicted molar refractivity (Wildman–Crippen MR) is 88.0 cm³/mol. The summed E-state index contributed by atoms with van der Waals surface area (Å²) in [6.07, 6.45) is 9.83. The van der Waals surface area contributed by atoms with E-state index in [0.29, 0.717) is 5.92 Å². The summed E-state index contributed by atoms with van der Waals surface area (Å²) >= 11 is 0. The van der Waals surface area contributed by atoms with E-state index in [1.54, 1.807) is 0 Å². The van der Waals surface area contributed by atoms with Crippen LogP contribution in [0, 0.1) is 5.92 Å². The highest BCUT2D eigenvalue weighted by atomic mass is 16.5. The zero-order chi connectivity index (χ0) is 14.5. The molecule has 0 bridgehead atoms. The zero-order valence-corrected chi connectivity index (χ0v) is 13.3. The molecule has 21 heavy (non-hydrogen) atoms. The average Bonchev–Trinajstić information content (AvgIpc) is 3.35. The second-order valence-corrected chi connectivity index (χ2v) is 6.69. The van der Waals surface area contributed by atoms with E-state index in [4.69, 9.17) is 4.74 Å². The van der Waals surface area contributed by atoms with Crippen LogP contribution in [-0.2, 0) is 0 Å². The van der Waals surface area contributed by atoms with Crippen molar-refractivity contribution >= 4 is 0 Å². The van der Waals surface area contributed by atoms with Crippen LogP contribution < -0.4 is 10.1 Å². The van der Waals surface area contributed by atoms with Crippen molar-refractivity contribution in [3.8, 4) is 5.75 Å². The molecular weight excluding hydrogens is 258 g/mol. The fourth-order valence-electron chi connectivity index (χ4n) is 3.65. The van der Waals surface area contributed by atoms with E-state index in [1.165, 1.54) is 50.5 Å². The molecular formula is C19H29NO. The van der Waals surface area contributed by atoms with Gasteiger partial charge >= 0.3 is 0 Å². The first-order valence-electron chi connectivity index (χ1n) is 8.83. The van der Waals surface area contributed by atoms with Crippen molar-refractivity contribution < 1.29 is 4.74 Å². The molecule has 0 heterocycles. The topological polar surface area (TPSA) is 21.3 Å². The molecule has 2 aliphatic carbocycles. The lowest BCUT2D eigenvalue weighted by molar-refractivity contribution is 0.296. The van der Waals surface area contributed by atoms with Crippen molar-refractivity contribution in [2.45, 2.75) is 63.8 Å². The Morgan fingerprint density at radius 2 is 1.76 bits per heavy atom. The van der Waals surface area contributed by atoms with Gasteiger partial charge in [0.25, 0.3) is 0 Å². The minimum Gasteiger partial charge on any atom is -0.494 e. The standard InChI is InChI=1S/C19H29NO/c1-2-21-18-12-8-16(9-13-18)19(14-20-17-10-11-17)15-6-4-3-5-7-15/h8-9,12-13,15,17,19-20H,2-7,10-11,14H2,1H3. The Hall–Kier alpha value is -1.02. The molecule has 0 saturated heterocycles. The Labute approximate surface area is 129 Å². The van der Waals surface area contributed by atoms with Crippen LogP contribution in [0.25, 0.3) is 0 Å². The monoisotopic (exact) mass is 287 g/mol. The fraction of sp³-hybridized carbons (Fsp3) is 0.684. The first-order chi connectivity index (χ1) is 10.4. The van der Waals surface area contributed by atoms with Crippen LogP contribution >= 0.6 is 0 Å². The Bertz CT molecular complexity index is 418. The van der Waals surface area contributed by atoms with Gasteiger partial charge in [0.05, 0.1) is 6.61 Å². The molecule has 2 aliphatic rings. The minimum atomic E-state index is 0.682. The number of hydrogen-bond acceptors (Lipinski definition) is 2. The second-order valence-electron chi connectivity index (χ2n) is 6.69. The Morgan fingerprint density at radius 3 is 2.38 bits per heavy atom. The first-order valence-corrected chi connectivity index (χ1v) is 8.83. The molecule has 1 atom stereocenters. The number of nitrogens with one attached hydrogen (secondary N) is 1. The quantitative estimate of drug-likeness (QED) is 0.797. The smallest absolute Gasteiger partial charge is 0.119 e. The van der Waals surface area contributed by atoms with E-state index < -0.39 is 0 Å². The summed E-state index contributed by atoms with van der Waals surface area (Å²) in [5.41, 5.74) is 1.50. The van der Waals surface area contributed by atoms with Crippen molar-refractivity contribution in [1.82, 2.24) is 5.32 Å². The normalized spacial score (nSPS) is 21.2. The van der Waals surface area contributed by atoms with Gasteiger partial charge in [0, 0.05) is 12.6 Å². The van der Waals surface area contributed by atoms with Crippen LogP contribution in [0.4, 0.5) is 0 Å². The maximum atomic E-state index is 5.58. The molecule has 2 saturated carbocycles. The summed E-state index contributed by atoms with van der Waals surface area (Å²) in [6.45, 7) is 3.94. The molecule has 0 spiro atoms. The lowest BCUT2D eigenvalue weighted by Crippen LogP contribution is -2.29. The van der Waals surface area contributed by atoms with Crippen LogP contribution in [0.5, 0.6) is 5.75 Å². The highest BCUT2D eigenvalue weighted by molar-refractivity contribution is 5.30. The summed E-state index contributed by atoms with van der Waals surface area (Å²) in [5, 5.41) is 3.76. The molecule has 1 aromatic rings. The summed E-state index contributed by atoms with van der Waals surface area (Å²) < 4.78 is 5.58. The number of ether oxygens (including phenoxy) is 1. The Balaban J connectivity index is 1.68. The third-order valence-electron chi connectivity index (χ3n) is 5.04. The molecule has 1 N–H and O–H groups in total. The van der Waals surface area contributed by atoms with Crippen LogP contribution in [0.1, 0.15) is 63.4 Å². The second kappa shape index (κ2) is 7.31.